The summed E-state index contributed by atoms with van der Waals surface area (Å²) in [5, 5.41) is 0. The minimum atomic E-state index is 0.801. The number of rotatable bonds is 5. The van der Waals surface area contributed by atoms with Gasteiger partial charge in [0.1, 0.15) is 0 Å². The van der Waals surface area contributed by atoms with E-state index in [2.05, 4.69) is 52.0 Å². The van der Waals surface area contributed by atoms with Gasteiger partial charge in [-0.1, -0.05) is 25.5 Å². The number of anilines is 1. The molecule has 1 nitrogen and oxygen atoms in total. The fraction of sp³-hybridized carbons (Fsp3) is 0.538. The first-order chi connectivity index (χ1) is 7.33. The molecule has 0 heterocycles. The predicted molar refractivity (Wildman–Crippen MR) is 69.4 cm³/mol. The molecule has 2 heteroatoms. The van der Waals surface area contributed by atoms with Gasteiger partial charge in [0.05, 0.1) is 5.69 Å². The highest BCUT2D eigenvalue weighted by molar-refractivity contribution is 9.10. The van der Waals surface area contributed by atoms with Crippen molar-refractivity contribution in [3.05, 3.63) is 28.7 Å². The van der Waals surface area contributed by atoms with Crippen LogP contribution in [0.15, 0.2) is 28.7 Å². The minimum absolute atomic E-state index is 0.801. The van der Waals surface area contributed by atoms with Crippen LogP contribution in [0.3, 0.4) is 0 Å². The van der Waals surface area contributed by atoms with Crippen molar-refractivity contribution in [3.8, 4) is 0 Å². The molecule has 2 rings (SSSR count). The van der Waals surface area contributed by atoms with Crippen LogP contribution in [0.4, 0.5) is 5.69 Å². The van der Waals surface area contributed by atoms with Crippen molar-refractivity contribution in [2.45, 2.75) is 38.6 Å². The number of para-hydroxylation sites is 1. The van der Waals surface area contributed by atoms with Crippen LogP contribution in [-0.2, 0) is 0 Å². The van der Waals surface area contributed by atoms with Crippen LogP contribution in [0.5, 0.6) is 0 Å². The number of halogens is 1. The predicted octanol–water partition coefficient (Wildman–Crippen LogP) is 4.22. The van der Waals surface area contributed by atoms with Gasteiger partial charge in [0.15, 0.2) is 0 Å². The summed E-state index contributed by atoms with van der Waals surface area (Å²) < 4.78 is 1.23. The van der Waals surface area contributed by atoms with E-state index >= 15 is 0 Å². The number of nitrogens with zero attached hydrogens (tertiary/aromatic N) is 1. The van der Waals surface area contributed by atoms with Gasteiger partial charge in [0, 0.05) is 17.1 Å². The van der Waals surface area contributed by atoms with E-state index in [4.69, 9.17) is 0 Å². The van der Waals surface area contributed by atoms with Gasteiger partial charge in [0.25, 0.3) is 0 Å². The average molecular weight is 268 g/mol. The lowest BCUT2D eigenvalue weighted by Crippen LogP contribution is -2.26. The molecule has 0 radical (unpaired) electrons. The largest absolute Gasteiger partial charge is 0.368 e. The molecule has 0 bridgehead atoms. The van der Waals surface area contributed by atoms with Crippen LogP contribution in [0.2, 0.25) is 0 Å². The van der Waals surface area contributed by atoms with Crippen molar-refractivity contribution in [3.63, 3.8) is 0 Å². The highest BCUT2D eigenvalue weighted by Crippen LogP contribution is 2.35. The lowest BCUT2D eigenvalue weighted by molar-refractivity contribution is 0.712. The fourth-order valence-electron chi connectivity index (χ4n) is 1.90. The lowest BCUT2D eigenvalue weighted by Gasteiger charge is -2.25. The molecule has 0 atom stereocenters. The molecule has 1 aliphatic rings. The molecule has 0 saturated heterocycles. The third kappa shape index (κ3) is 2.75. The summed E-state index contributed by atoms with van der Waals surface area (Å²) in [6.07, 6.45) is 5.29. The Morgan fingerprint density at radius 3 is 2.67 bits per heavy atom. The van der Waals surface area contributed by atoms with E-state index in [9.17, 15) is 0 Å². The Bertz CT molecular complexity index is 320. The summed E-state index contributed by atoms with van der Waals surface area (Å²) in [4.78, 5) is 2.56. The van der Waals surface area contributed by atoms with Crippen molar-refractivity contribution < 1.29 is 0 Å². The first kappa shape index (κ1) is 11.0. The molecule has 0 aliphatic heterocycles. The zero-order chi connectivity index (χ0) is 10.7. The van der Waals surface area contributed by atoms with E-state index in [0.29, 0.717) is 0 Å². The van der Waals surface area contributed by atoms with Gasteiger partial charge in [-0.15, -0.1) is 0 Å². The van der Waals surface area contributed by atoms with Crippen LogP contribution in [0, 0.1) is 0 Å². The number of benzene rings is 1. The molecule has 1 aliphatic carbocycles. The smallest absolute Gasteiger partial charge is 0.0513 e. The van der Waals surface area contributed by atoms with Gasteiger partial charge in [-0.05, 0) is 47.3 Å². The van der Waals surface area contributed by atoms with Crippen molar-refractivity contribution in [2.75, 3.05) is 11.4 Å². The maximum Gasteiger partial charge on any atom is 0.0513 e. The Kier molecular flexibility index (Phi) is 3.68. The molecule has 1 aromatic rings. The molecular formula is C13H18BrN. The lowest BCUT2D eigenvalue weighted by atomic mass is 10.2. The molecule has 0 N–H and O–H groups in total. The van der Waals surface area contributed by atoms with Crippen LogP contribution in [0.25, 0.3) is 0 Å². The van der Waals surface area contributed by atoms with Crippen molar-refractivity contribution >= 4 is 21.6 Å². The number of hydrogen-bond acceptors (Lipinski definition) is 1. The monoisotopic (exact) mass is 267 g/mol. The second kappa shape index (κ2) is 5.02. The molecule has 82 valence electrons. The first-order valence-corrected chi connectivity index (χ1v) is 6.63. The molecule has 1 saturated carbocycles. The van der Waals surface area contributed by atoms with Gasteiger partial charge in [-0.2, -0.15) is 0 Å². The molecular weight excluding hydrogens is 250 g/mol. The van der Waals surface area contributed by atoms with E-state index < -0.39 is 0 Å². The summed E-state index contributed by atoms with van der Waals surface area (Å²) in [5.41, 5.74) is 1.37. The van der Waals surface area contributed by atoms with E-state index in [1.165, 1.54) is 42.4 Å². The fourth-order valence-corrected chi connectivity index (χ4v) is 2.41. The minimum Gasteiger partial charge on any atom is -0.368 e. The van der Waals surface area contributed by atoms with Crippen molar-refractivity contribution in [1.82, 2.24) is 0 Å². The van der Waals surface area contributed by atoms with Crippen LogP contribution in [0.1, 0.15) is 32.6 Å². The highest BCUT2D eigenvalue weighted by atomic mass is 79.9. The summed E-state index contributed by atoms with van der Waals surface area (Å²) in [5.74, 6) is 0. The van der Waals surface area contributed by atoms with Gasteiger partial charge >= 0.3 is 0 Å². The van der Waals surface area contributed by atoms with Gasteiger partial charge in [0.2, 0.25) is 0 Å². The maximum absolute atomic E-state index is 3.64. The maximum atomic E-state index is 3.64. The third-order valence-electron chi connectivity index (χ3n) is 2.90. The van der Waals surface area contributed by atoms with Crippen LogP contribution >= 0.6 is 15.9 Å². The Morgan fingerprint density at radius 1 is 1.33 bits per heavy atom. The average Bonchev–Trinajstić information content (AvgIpc) is 3.05. The zero-order valence-electron chi connectivity index (χ0n) is 9.25. The molecule has 15 heavy (non-hydrogen) atoms. The summed E-state index contributed by atoms with van der Waals surface area (Å²) >= 11 is 3.64. The highest BCUT2D eigenvalue weighted by Gasteiger charge is 2.29. The Labute approximate surface area is 101 Å². The van der Waals surface area contributed by atoms with E-state index in [0.717, 1.165) is 6.04 Å². The molecule has 0 amide bonds. The number of unbranched alkanes of at least 4 members (excludes halogenated alkanes) is 1. The van der Waals surface area contributed by atoms with Gasteiger partial charge in [-0.3, -0.25) is 0 Å². The summed E-state index contributed by atoms with van der Waals surface area (Å²) in [6.45, 7) is 3.45. The second-order valence-corrected chi connectivity index (χ2v) is 5.08. The van der Waals surface area contributed by atoms with Crippen molar-refractivity contribution in [1.29, 1.82) is 0 Å². The van der Waals surface area contributed by atoms with Crippen LogP contribution < -0.4 is 4.90 Å². The summed E-state index contributed by atoms with van der Waals surface area (Å²) in [7, 11) is 0. The van der Waals surface area contributed by atoms with E-state index in [-0.39, 0.29) is 0 Å². The second-order valence-electron chi connectivity index (χ2n) is 4.23. The van der Waals surface area contributed by atoms with E-state index in [1.807, 2.05) is 0 Å². The first-order valence-electron chi connectivity index (χ1n) is 5.84. The SMILES string of the molecule is CCCCN(c1ccccc1Br)C1CC1. The molecule has 0 aromatic heterocycles. The Hall–Kier alpha value is -0.500. The quantitative estimate of drug-likeness (QED) is 0.772. The number of hydrogen-bond donors (Lipinski definition) is 0. The Morgan fingerprint density at radius 2 is 2.07 bits per heavy atom. The summed E-state index contributed by atoms with van der Waals surface area (Å²) in [6, 6.07) is 9.37. The zero-order valence-corrected chi connectivity index (χ0v) is 10.8. The standard InChI is InChI=1S/C13H18BrN/c1-2-3-10-15(11-8-9-11)13-7-5-4-6-12(13)14/h4-7,11H,2-3,8-10H2,1H3. The molecule has 0 spiro atoms. The molecule has 1 fully saturated rings. The Balaban J connectivity index is 2.13. The molecule has 0 unspecified atom stereocenters. The third-order valence-corrected chi connectivity index (χ3v) is 3.57. The van der Waals surface area contributed by atoms with Crippen molar-refractivity contribution in [2.24, 2.45) is 0 Å². The van der Waals surface area contributed by atoms with E-state index in [1.54, 1.807) is 0 Å². The van der Waals surface area contributed by atoms with Crippen LogP contribution in [-0.4, -0.2) is 12.6 Å². The normalized spacial score (nSPS) is 15.3. The molecule has 1 aromatic carbocycles. The topological polar surface area (TPSA) is 3.24 Å². The van der Waals surface area contributed by atoms with Gasteiger partial charge in [-0.25, -0.2) is 0 Å². The van der Waals surface area contributed by atoms with Gasteiger partial charge < -0.3 is 4.90 Å².